The molecule has 5 rings (SSSR count). The van der Waals surface area contributed by atoms with Gasteiger partial charge in [0.25, 0.3) is 0 Å². The number of Topliss-reactive ketones (excluding diaryl/α,β-unsaturated/α-hetero) is 2. The van der Waals surface area contributed by atoms with Crippen molar-refractivity contribution in [1.29, 1.82) is 0 Å². The van der Waals surface area contributed by atoms with Crippen molar-refractivity contribution in [2.45, 2.75) is 83.8 Å². The lowest BCUT2D eigenvalue weighted by molar-refractivity contribution is -0.140. The number of hydrogen-bond acceptors (Lipinski definition) is 5. The minimum Gasteiger partial charge on any atom is -0.328 e. The molecule has 7 heteroatoms. The van der Waals surface area contributed by atoms with E-state index in [4.69, 9.17) is 0 Å². The summed E-state index contributed by atoms with van der Waals surface area (Å²) in [6.07, 6.45) is 11.9. The number of hydrogen-bond donors (Lipinski definition) is 0. The molecular formula is C25H32N4O3. The number of fused-ring (bicyclic) bond motifs is 2. The first kappa shape index (κ1) is 21.3. The topological polar surface area (TPSA) is 85.2 Å². The monoisotopic (exact) mass is 436 g/mol. The molecule has 1 aliphatic heterocycles. The lowest BCUT2D eigenvalue weighted by Crippen LogP contribution is -2.45. The summed E-state index contributed by atoms with van der Waals surface area (Å²) in [7, 11) is 0. The number of amides is 1. The summed E-state index contributed by atoms with van der Waals surface area (Å²) in [5.41, 5.74) is 1.03. The lowest BCUT2D eigenvalue weighted by atomic mass is 9.78. The molecular weight excluding hydrogens is 404 g/mol. The predicted molar refractivity (Wildman–Crippen MR) is 120 cm³/mol. The summed E-state index contributed by atoms with van der Waals surface area (Å²) in [6, 6.07) is 1.64. The number of likely N-dealkylation sites (tertiary alicyclic amines) is 1. The van der Waals surface area contributed by atoms with Crippen molar-refractivity contribution < 1.29 is 14.4 Å². The second-order valence-electron chi connectivity index (χ2n) is 10.1. The van der Waals surface area contributed by atoms with Gasteiger partial charge in [-0.2, -0.15) is 5.10 Å². The van der Waals surface area contributed by atoms with Crippen molar-refractivity contribution in [2.24, 2.45) is 17.8 Å². The summed E-state index contributed by atoms with van der Waals surface area (Å²) in [4.78, 5) is 44.7. The molecule has 7 nitrogen and oxygen atoms in total. The van der Waals surface area contributed by atoms with Gasteiger partial charge in [-0.15, -0.1) is 0 Å². The van der Waals surface area contributed by atoms with Gasteiger partial charge < -0.3 is 4.90 Å². The first-order chi connectivity index (χ1) is 15.4. The van der Waals surface area contributed by atoms with Crippen molar-refractivity contribution >= 4 is 28.4 Å². The third-order valence-corrected chi connectivity index (χ3v) is 7.91. The van der Waals surface area contributed by atoms with Crippen molar-refractivity contribution in [2.75, 3.05) is 0 Å². The number of rotatable bonds is 7. The number of nitrogens with zero attached hydrogens (tertiary/aromatic N) is 4. The van der Waals surface area contributed by atoms with Crippen molar-refractivity contribution in [3.8, 4) is 0 Å². The largest absolute Gasteiger partial charge is 0.328 e. The second-order valence-corrected chi connectivity index (χ2v) is 10.1. The van der Waals surface area contributed by atoms with Gasteiger partial charge in [0.05, 0.1) is 17.8 Å². The van der Waals surface area contributed by atoms with Crippen LogP contribution in [0.4, 0.5) is 0 Å². The molecule has 0 unspecified atom stereocenters. The average Bonchev–Trinajstić information content (AvgIpc) is 3.29. The molecule has 0 bridgehead atoms. The van der Waals surface area contributed by atoms with E-state index in [2.05, 4.69) is 17.0 Å². The molecule has 0 spiro atoms. The van der Waals surface area contributed by atoms with E-state index in [0.717, 1.165) is 12.8 Å². The third kappa shape index (κ3) is 3.86. The molecule has 3 aliphatic rings. The van der Waals surface area contributed by atoms with Gasteiger partial charge in [0.2, 0.25) is 5.91 Å². The van der Waals surface area contributed by atoms with Crippen molar-refractivity contribution in [3.63, 3.8) is 0 Å². The van der Waals surface area contributed by atoms with Gasteiger partial charge in [-0.1, -0.05) is 39.0 Å². The molecule has 1 saturated heterocycles. The summed E-state index contributed by atoms with van der Waals surface area (Å²) in [5, 5.41) is 5.12. The van der Waals surface area contributed by atoms with Crippen molar-refractivity contribution in [1.82, 2.24) is 19.7 Å². The Labute approximate surface area is 188 Å². The van der Waals surface area contributed by atoms with Gasteiger partial charge in [-0.05, 0) is 36.7 Å². The highest BCUT2D eigenvalue weighted by Gasteiger charge is 2.55. The SMILES string of the molecule is CC(=O)c1nn(CC(=O)N2[C@@H]3C[C@@H]3C[C@H]2C(=O)C[C@@H](C)C2CCCCC2)c2cnccc12. The van der Waals surface area contributed by atoms with Crippen LogP contribution in [0, 0.1) is 17.8 Å². The standard InChI is InChI=1S/C25H32N4O3/c1-15(17-6-4-3-5-7-17)10-23(31)21-12-18-11-20(18)29(21)24(32)14-28-22-13-26-9-8-19(22)25(27-28)16(2)30/h8-9,13,15,17-18,20-21H,3-7,10-12,14H2,1-2H3/t15-,18-,20-,21+/m1/s1. The Morgan fingerprint density at radius 3 is 2.69 bits per heavy atom. The van der Waals surface area contributed by atoms with Gasteiger partial charge in [0.15, 0.2) is 11.6 Å². The Bertz CT molecular complexity index is 1050. The van der Waals surface area contributed by atoms with E-state index in [1.807, 2.05) is 4.90 Å². The normalized spacial score (nSPS) is 26.2. The maximum Gasteiger partial charge on any atom is 0.245 e. The molecule has 2 aromatic heterocycles. The lowest BCUT2D eigenvalue weighted by Gasteiger charge is -2.31. The minimum atomic E-state index is -0.301. The maximum absolute atomic E-state index is 13.4. The average molecular weight is 437 g/mol. The highest BCUT2D eigenvalue weighted by molar-refractivity contribution is 6.04. The zero-order valence-corrected chi connectivity index (χ0v) is 19.0. The quantitative estimate of drug-likeness (QED) is 0.617. The number of ketones is 2. The fraction of sp³-hybridized carbons (Fsp3) is 0.640. The summed E-state index contributed by atoms with van der Waals surface area (Å²) < 4.78 is 1.57. The van der Waals surface area contributed by atoms with Gasteiger partial charge in [0, 0.05) is 31.0 Å². The van der Waals surface area contributed by atoms with Crippen LogP contribution in [0.5, 0.6) is 0 Å². The van der Waals surface area contributed by atoms with Crippen LogP contribution in [0.3, 0.4) is 0 Å². The van der Waals surface area contributed by atoms with Crippen LogP contribution >= 0.6 is 0 Å². The van der Waals surface area contributed by atoms with E-state index < -0.39 is 0 Å². The fourth-order valence-corrected chi connectivity index (χ4v) is 6.04. The minimum absolute atomic E-state index is 0.0284. The van der Waals surface area contributed by atoms with Crippen LogP contribution in [0.15, 0.2) is 18.5 Å². The highest BCUT2D eigenvalue weighted by Crippen LogP contribution is 2.48. The molecule has 2 aliphatic carbocycles. The molecule has 2 aromatic rings. The summed E-state index contributed by atoms with van der Waals surface area (Å²) in [6.45, 7) is 3.72. The highest BCUT2D eigenvalue weighted by atomic mass is 16.2. The van der Waals surface area contributed by atoms with Gasteiger partial charge in [-0.3, -0.25) is 24.0 Å². The van der Waals surface area contributed by atoms with Crippen LogP contribution < -0.4 is 0 Å². The Morgan fingerprint density at radius 2 is 1.94 bits per heavy atom. The molecule has 3 fully saturated rings. The van der Waals surface area contributed by atoms with E-state index in [-0.39, 0.29) is 36.1 Å². The number of piperidine rings is 1. The Kier molecular flexibility index (Phi) is 5.59. The Hall–Kier alpha value is -2.57. The Balaban J connectivity index is 1.31. The van der Waals surface area contributed by atoms with Crippen LogP contribution in [0.1, 0.15) is 75.7 Å². The molecule has 0 N–H and O–H groups in total. The molecule has 32 heavy (non-hydrogen) atoms. The maximum atomic E-state index is 13.4. The number of carbonyl (C=O) groups is 3. The van der Waals surface area contributed by atoms with E-state index in [9.17, 15) is 14.4 Å². The molecule has 4 atom stereocenters. The molecule has 170 valence electrons. The third-order valence-electron chi connectivity index (χ3n) is 7.91. The zero-order valence-electron chi connectivity index (χ0n) is 19.0. The van der Waals surface area contributed by atoms with E-state index in [1.165, 1.54) is 39.0 Å². The van der Waals surface area contributed by atoms with Gasteiger partial charge >= 0.3 is 0 Å². The Morgan fingerprint density at radius 1 is 1.16 bits per heavy atom. The van der Waals surface area contributed by atoms with Crippen LogP contribution in [0.25, 0.3) is 10.9 Å². The first-order valence-corrected chi connectivity index (χ1v) is 12.1. The van der Waals surface area contributed by atoms with E-state index in [1.54, 1.807) is 23.1 Å². The van der Waals surface area contributed by atoms with E-state index >= 15 is 0 Å². The number of aromatic nitrogens is 3. The van der Waals surface area contributed by atoms with Crippen LogP contribution in [-0.2, 0) is 16.1 Å². The fourth-order valence-electron chi connectivity index (χ4n) is 6.04. The van der Waals surface area contributed by atoms with Crippen LogP contribution in [0.2, 0.25) is 0 Å². The molecule has 1 amide bonds. The smallest absolute Gasteiger partial charge is 0.245 e. The van der Waals surface area contributed by atoms with E-state index in [0.29, 0.717) is 40.8 Å². The van der Waals surface area contributed by atoms with Crippen LogP contribution in [-0.4, -0.2) is 49.2 Å². The number of carbonyl (C=O) groups excluding carboxylic acids is 3. The number of pyridine rings is 1. The first-order valence-electron chi connectivity index (χ1n) is 12.1. The van der Waals surface area contributed by atoms with Crippen molar-refractivity contribution in [3.05, 3.63) is 24.2 Å². The molecule has 0 radical (unpaired) electrons. The van der Waals surface area contributed by atoms with Gasteiger partial charge in [-0.25, -0.2) is 0 Å². The zero-order chi connectivity index (χ0) is 22.4. The molecule has 3 heterocycles. The molecule has 0 aromatic carbocycles. The summed E-state index contributed by atoms with van der Waals surface area (Å²) >= 11 is 0. The van der Waals surface area contributed by atoms with Gasteiger partial charge in [0.1, 0.15) is 12.2 Å². The predicted octanol–water partition coefficient (Wildman–Crippen LogP) is 3.80. The molecule has 2 saturated carbocycles. The second kappa shape index (κ2) is 8.41. The summed E-state index contributed by atoms with van der Waals surface area (Å²) in [5.74, 6) is 1.49.